The number of anilines is 2. The van der Waals surface area contributed by atoms with Crippen LogP contribution in [0.3, 0.4) is 0 Å². The molecule has 4 aromatic rings. The molecule has 3 aromatic carbocycles. The van der Waals surface area contributed by atoms with Crippen LogP contribution in [0.1, 0.15) is 21.6 Å². The van der Waals surface area contributed by atoms with E-state index in [1.165, 1.54) is 11.8 Å². The Hall–Kier alpha value is -4.11. The molecule has 0 saturated carbocycles. The zero-order valence-electron chi connectivity index (χ0n) is 19.3. The molecule has 0 unspecified atom stereocenters. The first-order valence-corrected chi connectivity index (χ1v) is 11.5. The van der Waals surface area contributed by atoms with E-state index < -0.39 is 17.7 Å². The van der Waals surface area contributed by atoms with Gasteiger partial charge < -0.3 is 15.4 Å². The lowest BCUT2D eigenvalue weighted by Crippen LogP contribution is -2.36. The standard InChI is InChI=1S/C26H23BrN4O4/c1-15-5-4-6-21(16(15)2)29-24(32)23-14-17-13-18(27)7-12-22(17)31(23)30-26(34)25(33)28-19-8-10-20(35-3)11-9-19/h4-14H,1-3H3,(H,28,33)(H,29,32)(H,30,34). The van der Waals surface area contributed by atoms with Crippen LogP contribution in [0.25, 0.3) is 10.9 Å². The number of nitrogens with zero attached hydrogens (tertiary/aromatic N) is 1. The largest absolute Gasteiger partial charge is 0.497 e. The van der Waals surface area contributed by atoms with E-state index in [0.717, 1.165) is 15.6 Å². The predicted octanol–water partition coefficient (Wildman–Crippen LogP) is 4.99. The molecule has 0 atom stereocenters. The van der Waals surface area contributed by atoms with Gasteiger partial charge in [-0.1, -0.05) is 28.1 Å². The lowest BCUT2D eigenvalue weighted by molar-refractivity contribution is -0.133. The van der Waals surface area contributed by atoms with Crippen molar-refractivity contribution in [2.75, 3.05) is 23.2 Å². The molecule has 0 aliphatic rings. The highest BCUT2D eigenvalue weighted by molar-refractivity contribution is 9.10. The number of methoxy groups -OCH3 is 1. The Kier molecular flexibility index (Phi) is 6.88. The summed E-state index contributed by atoms with van der Waals surface area (Å²) in [5.41, 5.74) is 6.36. The number of hydrogen-bond donors (Lipinski definition) is 3. The maximum atomic E-state index is 13.2. The van der Waals surface area contributed by atoms with E-state index in [2.05, 4.69) is 32.0 Å². The second-order valence-corrected chi connectivity index (χ2v) is 8.81. The highest BCUT2D eigenvalue weighted by Gasteiger charge is 2.21. The summed E-state index contributed by atoms with van der Waals surface area (Å²) >= 11 is 3.43. The van der Waals surface area contributed by atoms with Gasteiger partial charge in [0.2, 0.25) is 0 Å². The number of aryl methyl sites for hydroxylation is 1. The minimum atomic E-state index is -0.929. The van der Waals surface area contributed by atoms with E-state index in [0.29, 0.717) is 28.0 Å². The van der Waals surface area contributed by atoms with Crippen LogP contribution >= 0.6 is 15.9 Å². The number of benzene rings is 3. The number of amides is 3. The van der Waals surface area contributed by atoms with Gasteiger partial charge in [0.05, 0.1) is 12.6 Å². The Labute approximate surface area is 210 Å². The number of rotatable bonds is 5. The minimum Gasteiger partial charge on any atom is -0.497 e. The zero-order valence-corrected chi connectivity index (χ0v) is 20.9. The normalized spacial score (nSPS) is 10.6. The van der Waals surface area contributed by atoms with Crippen molar-refractivity contribution in [3.05, 3.63) is 88.0 Å². The molecule has 0 saturated heterocycles. The number of ether oxygens (including phenoxy) is 1. The number of aromatic nitrogens is 1. The van der Waals surface area contributed by atoms with Gasteiger partial charge >= 0.3 is 11.8 Å². The van der Waals surface area contributed by atoms with Crippen molar-refractivity contribution in [1.82, 2.24) is 4.68 Å². The molecule has 0 aliphatic heterocycles. The fourth-order valence-corrected chi connectivity index (χ4v) is 3.94. The molecule has 4 rings (SSSR count). The zero-order chi connectivity index (χ0) is 25.1. The monoisotopic (exact) mass is 534 g/mol. The first-order valence-electron chi connectivity index (χ1n) is 10.7. The van der Waals surface area contributed by atoms with Crippen LogP contribution < -0.4 is 20.8 Å². The maximum absolute atomic E-state index is 13.2. The number of nitrogens with one attached hydrogen (secondary N) is 3. The fraction of sp³-hybridized carbons (Fsp3) is 0.115. The van der Waals surface area contributed by atoms with Crippen molar-refractivity contribution in [3.63, 3.8) is 0 Å². The summed E-state index contributed by atoms with van der Waals surface area (Å²) < 4.78 is 7.23. The van der Waals surface area contributed by atoms with Gasteiger partial charge in [0.1, 0.15) is 11.4 Å². The van der Waals surface area contributed by atoms with Gasteiger partial charge in [0.25, 0.3) is 5.91 Å². The van der Waals surface area contributed by atoms with E-state index in [4.69, 9.17) is 4.74 Å². The number of carbonyl (C=O) groups is 3. The van der Waals surface area contributed by atoms with Crippen LogP contribution in [0.5, 0.6) is 5.75 Å². The van der Waals surface area contributed by atoms with Gasteiger partial charge in [-0.05, 0) is 79.6 Å². The number of fused-ring (bicyclic) bond motifs is 1. The molecule has 0 aliphatic carbocycles. The minimum absolute atomic E-state index is 0.171. The Balaban J connectivity index is 1.62. The fourth-order valence-electron chi connectivity index (χ4n) is 3.56. The van der Waals surface area contributed by atoms with Crippen LogP contribution in [0.2, 0.25) is 0 Å². The van der Waals surface area contributed by atoms with Gasteiger partial charge in [-0.15, -0.1) is 0 Å². The molecule has 0 spiro atoms. The molecule has 1 aromatic heterocycles. The van der Waals surface area contributed by atoms with E-state index in [-0.39, 0.29) is 5.69 Å². The van der Waals surface area contributed by atoms with Crippen molar-refractivity contribution in [3.8, 4) is 5.75 Å². The van der Waals surface area contributed by atoms with Gasteiger partial charge in [0.15, 0.2) is 0 Å². The van der Waals surface area contributed by atoms with Crippen LogP contribution in [-0.2, 0) is 9.59 Å². The molecule has 3 amide bonds. The molecular formula is C26H23BrN4O4. The van der Waals surface area contributed by atoms with Gasteiger partial charge in [-0.2, -0.15) is 0 Å². The Morgan fingerprint density at radius 2 is 1.63 bits per heavy atom. The summed E-state index contributed by atoms with van der Waals surface area (Å²) in [6.45, 7) is 3.88. The highest BCUT2D eigenvalue weighted by atomic mass is 79.9. The molecular weight excluding hydrogens is 512 g/mol. The molecule has 0 fully saturated rings. The summed E-state index contributed by atoms with van der Waals surface area (Å²) in [6, 6.07) is 19.2. The van der Waals surface area contributed by atoms with Gasteiger partial charge in [0, 0.05) is 21.2 Å². The SMILES string of the molecule is COc1ccc(NC(=O)C(=O)Nn2c(C(=O)Nc3cccc(C)c3C)cc3cc(Br)ccc32)cc1. The van der Waals surface area contributed by atoms with Crippen LogP contribution in [-0.4, -0.2) is 29.5 Å². The maximum Gasteiger partial charge on any atom is 0.328 e. The molecule has 0 radical (unpaired) electrons. The third-order valence-corrected chi connectivity index (χ3v) is 6.11. The third kappa shape index (κ3) is 5.20. The molecule has 8 nitrogen and oxygen atoms in total. The smallest absolute Gasteiger partial charge is 0.328 e. The predicted molar refractivity (Wildman–Crippen MR) is 139 cm³/mol. The number of halogens is 1. The Morgan fingerprint density at radius 3 is 2.34 bits per heavy atom. The summed E-state index contributed by atoms with van der Waals surface area (Å²) in [5, 5.41) is 6.15. The summed E-state index contributed by atoms with van der Waals surface area (Å²) in [7, 11) is 1.54. The van der Waals surface area contributed by atoms with E-state index >= 15 is 0 Å². The Morgan fingerprint density at radius 1 is 0.886 bits per heavy atom. The molecule has 0 bridgehead atoms. The lowest BCUT2D eigenvalue weighted by atomic mass is 10.1. The van der Waals surface area contributed by atoms with E-state index in [9.17, 15) is 14.4 Å². The molecule has 35 heavy (non-hydrogen) atoms. The quantitative estimate of drug-likeness (QED) is 0.314. The van der Waals surface area contributed by atoms with Gasteiger partial charge in [-0.25, -0.2) is 4.68 Å². The summed E-state index contributed by atoms with van der Waals surface area (Å²) in [4.78, 5) is 38.6. The molecule has 1 heterocycles. The molecule has 178 valence electrons. The van der Waals surface area contributed by atoms with Crippen LogP contribution in [0.15, 0.2) is 71.2 Å². The molecule has 9 heteroatoms. The second-order valence-electron chi connectivity index (χ2n) is 7.89. The molecule has 3 N–H and O–H groups in total. The van der Waals surface area contributed by atoms with Crippen LogP contribution in [0.4, 0.5) is 11.4 Å². The first-order chi connectivity index (χ1) is 16.8. The van der Waals surface area contributed by atoms with Gasteiger partial charge in [-0.3, -0.25) is 19.8 Å². The first kappa shape index (κ1) is 24.0. The van der Waals surface area contributed by atoms with E-state index in [1.54, 1.807) is 42.5 Å². The van der Waals surface area contributed by atoms with Crippen molar-refractivity contribution >= 4 is 55.9 Å². The average Bonchev–Trinajstić information content (AvgIpc) is 3.19. The third-order valence-electron chi connectivity index (χ3n) is 5.62. The van der Waals surface area contributed by atoms with Crippen LogP contribution in [0, 0.1) is 13.8 Å². The van der Waals surface area contributed by atoms with Crippen molar-refractivity contribution in [2.45, 2.75) is 13.8 Å². The highest BCUT2D eigenvalue weighted by Crippen LogP contribution is 2.25. The summed E-state index contributed by atoms with van der Waals surface area (Å²) in [5.74, 6) is -1.61. The van der Waals surface area contributed by atoms with E-state index in [1.807, 2.05) is 38.1 Å². The van der Waals surface area contributed by atoms with Crippen molar-refractivity contribution < 1.29 is 19.1 Å². The second kappa shape index (κ2) is 10.0. The lowest BCUT2D eigenvalue weighted by Gasteiger charge is -2.14. The van der Waals surface area contributed by atoms with Crippen molar-refractivity contribution in [1.29, 1.82) is 0 Å². The number of carbonyl (C=O) groups excluding carboxylic acids is 3. The number of hydrogen-bond acceptors (Lipinski definition) is 4. The van der Waals surface area contributed by atoms with Crippen molar-refractivity contribution in [2.24, 2.45) is 0 Å². The average molecular weight is 535 g/mol. The topological polar surface area (TPSA) is 101 Å². The summed E-state index contributed by atoms with van der Waals surface area (Å²) in [6.07, 6.45) is 0. The Bertz CT molecular complexity index is 1440.